The van der Waals surface area contributed by atoms with Gasteiger partial charge in [0.1, 0.15) is 0 Å². The lowest BCUT2D eigenvalue weighted by atomic mass is 10.2. The predicted molar refractivity (Wildman–Crippen MR) is 73.1 cm³/mol. The third-order valence-electron chi connectivity index (χ3n) is 3.21. The van der Waals surface area contributed by atoms with Crippen LogP contribution in [0.3, 0.4) is 0 Å². The first-order valence-electron chi connectivity index (χ1n) is 6.39. The van der Waals surface area contributed by atoms with Crippen LogP contribution in [0.1, 0.15) is 25.7 Å². The standard InChI is InChI=1S/C13H20N2O2S/c1-14-12-5-2-6-13(10-12)18(16,17)15-9-3-4-11-7-8-11/h2,5-6,10-11,14-15H,3-4,7-9H2,1H3. The molecule has 1 aliphatic rings. The second kappa shape index (κ2) is 5.71. The van der Waals surface area contributed by atoms with Gasteiger partial charge in [0.05, 0.1) is 4.90 Å². The van der Waals surface area contributed by atoms with Crippen LogP contribution in [0.15, 0.2) is 29.2 Å². The second-order valence-corrected chi connectivity index (χ2v) is 6.53. The lowest BCUT2D eigenvalue weighted by Crippen LogP contribution is -2.24. The Morgan fingerprint density at radius 1 is 1.33 bits per heavy atom. The van der Waals surface area contributed by atoms with Crippen LogP contribution in [0.2, 0.25) is 0 Å². The van der Waals surface area contributed by atoms with Gasteiger partial charge in [0.2, 0.25) is 10.0 Å². The first-order valence-corrected chi connectivity index (χ1v) is 7.87. The summed E-state index contributed by atoms with van der Waals surface area (Å²) in [6.45, 7) is 0.530. The molecule has 1 fully saturated rings. The molecule has 1 aromatic rings. The molecule has 1 aromatic carbocycles. The molecule has 2 rings (SSSR count). The maximum atomic E-state index is 12.0. The van der Waals surface area contributed by atoms with Gasteiger partial charge in [-0.2, -0.15) is 0 Å². The molecule has 0 saturated heterocycles. The summed E-state index contributed by atoms with van der Waals surface area (Å²) in [4.78, 5) is 0.320. The first-order chi connectivity index (χ1) is 8.62. The Hall–Kier alpha value is -1.07. The van der Waals surface area contributed by atoms with Crippen molar-refractivity contribution in [3.63, 3.8) is 0 Å². The van der Waals surface area contributed by atoms with Crippen LogP contribution in [-0.2, 0) is 10.0 Å². The summed E-state index contributed by atoms with van der Waals surface area (Å²) in [5, 5.41) is 2.94. The summed E-state index contributed by atoms with van der Waals surface area (Å²) >= 11 is 0. The molecule has 0 atom stereocenters. The Labute approximate surface area is 109 Å². The number of anilines is 1. The fourth-order valence-corrected chi connectivity index (χ4v) is 3.03. The van der Waals surface area contributed by atoms with Crippen LogP contribution in [0.4, 0.5) is 5.69 Å². The van der Waals surface area contributed by atoms with E-state index >= 15 is 0 Å². The Bertz CT molecular complexity index is 495. The van der Waals surface area contributed by atoms with Crippen LogP contribution < -0.4 is 10.0 Å². The highest BCUT2D eigenvalue weighted by Crippen LogP contribution is 2.33. The van der Waals surface area contributed by atoms with Gasteiger partial charge in [-0.3, -0.25) is 0 Å². The van der Waals surface area contributed by atoms with Crippen molar-refractivity contribution in [1.82, 2.24) is 4.72 Å². The Kier molecular flexibility index (Phi) is 4.24. The van der Waals surface area contributed by atoms with Crippen molar-refractivity contribution in [2.24, 2.45) is 5.92 Å². The average Bonchev–Trinajstić information content (AvgIpc) is 3.19. The molecule has 1 aliphatic carbocycles. The second-order valence-electron chi connectivity index (χ2n) is 4.76. The zero-order valence-electron chi connectivity index (χ0n) is 10.6. The number of hydrogen-bond acceptors (Lipinski definition) is 3. The Morgan fingerprint density at radius 2 is 2.11 bits per heavy atom. The normalized spacial score (nSPS) is 15.6. The van der Waals surface area contributed by atoms with E-state index in [2.05, 4.69) is 10.0 Å². The van der Waals surface area contributed by atoms with E-state index in [1.165, 1.54) is 12.8 Å². The summed E-state index contributed by atoms with van der Waals surface area (Å²) in [7, 11) is -1.59. The highest BCUT2D eigenvalue weighted by Gasteiger charge is 2.20. The van der Waals surface area contributed by atoms with E-state index in [-0.39, 0.29) is 0 Å². The summed E-state index contributed by atoms with van der Waals surface area (Å²) in [6, 6.07) is 6.84. The van der Waals surface area contributed by atoms with Crippen molar-refractivity contribution in [3.8, 4) is 0 Å². The van der Waals surface area contributed by atoms with Crippen LogP contribution in [0, 0.1) is 5.92 Å². The minimum atomic E-state index is -3.36. The quantitative estimate of drug-likeness (QED) is 0.745. The lowest BCUT2D eigenvalue weighted by molar-refractivity contribution is 0.572. The predicted octanol–water partition coefficient (Wildman–Crippen LogP) is 2.20. The fourth-order valence-electron chi connectivity index (χ4n) is 1.91. The zero-order valence-corrected chi connectivity index (χ0v) is 11.5. The molecule has 0 bridgehead atoms. The topological polar surface area (TPSA) is 58.2 Å². The van der Waals surface area contributed by atoms with Crippen molar-refractivity contribution in [2.75, 3.05) is 18.9 Å². The SMILES string of the molecule is CNc1cccc(S(=O)(=O)NCCCC2CC2)c1. The average molecular weight is 268 g/mol. The molecule has 1 saturated carbocycles. The first kappa shape index (κ1) is 13.4. The Morgan fingerprint density at radius 3 is 2.78 bits per heavy atom. The van der Waals surface area contributed by atoms with Gasteiger partial charge < -0.3 is 5.32 Å². The fraction of sp³-hybridized carbons (Fsp3) is 0.538. The van der Waals surface area contributed by atoms with Gasteiger partial charge in [-0.05, 0) is 37.0 Å². The molecule has 5 heteroatoms. The van der Waals surface area contributed by atoms with Crippen molar-refractivity contribution >= 4 is 15.7 Å². The molecule has 4 nitrogen and oxygen atoms in total. The van der Waals surface area contributed by atoms with E-state index in [4.69, 9.17) is 0 Å². The van der Waals surface area contributed by atoms with Gasteiger partial charge in [0.15, 0.2) is 0 Å². The zero-order chi connectivity index (χ0) is 13.0. The molecule has 2 N–H and O–H groups in total. The molecule has 100 valence electrons. The molecule has 0 radical (unpaired) electrons. The van der Waals surface area contributed by atoms with Crippen molar-refractivity contribution in [2.45, 2.75) is 30.6 Å². The third-order valence-corrected chi connectivity index (χ3v) is 4.67. The van der Waals surface area contributed by atoms with E-state index in [0.717, 1.165) is 24.4 Å². The van der Waals surface area contributed by atoms with Gasteiger partial charge >= 0.3 is 0 Å². The molecule has 18 heavy (non-hydrogen) atoms. The van der Waals surface area contributed by atoms with E-state index in [9.17, 15) is 8.42 Å². The maximum absolute atomic E-state index is 12.0. The summed E-state index contributed by atoms with van der Waals surface area (Å²) in [5.41, 5.74) is 0.802. The number of nitrogens with one attached hydrogen (secondary N) is 2. The molecule has 0 unspecified atom stereocenters. The summed E-state index contributed by atoms with van der Waals surface area (Å²) in [6.07, 6.45) is 4.70. The molecular formula is C13H20N2O2S. The molecule has 0 aliphatic heterocycles. The van der Waals surface area contributed by atoms with Gasteiger partial charge in [0.25, 0.3) is 0 Å². The van der Waals surface area contributed by atoms with Crippen molar-refractivity contribution in [3.05, 3.63) is 24.3 Å². The van der Waals surface area contributed by atoms with E-state index < -0.39 is 10.0 Å². The van der Waals surface area contributed by atoms with Crippen LogP contribution >= 0.6 is 0 Å². The summed E-state index contributed by atoms with van der Waals surface area (Å²) in [5.74, 6) is 0.849. The van der Waals surface area contributed by atoms with Crippen LogP contribution in [0.25, 0.3) is 0 Å². The van der Waals surface area contributed by atoms with Crippen molar-refractivity contribution < 1.29 is 8.42 Å². The van der Waals surface area contributed by atoms with Gasteiger partial charge in [-0.15, -0.1) is 0 Å². The van der Waals surface area contributed by atoms with Gasteiger partial charge in [-0.1, -0.05) is 18.9 Å². The minimum absolute atomic E-state index is 0.320. The Balaban J connectivity index is 1.91. The molecule has 0 spiro atoms. The molecule has 0 heterocycles. The maximum Gasteiger partial charge on any atom is 0.240 e. The van der Waals surface area contributed by atoms with Crippen LogP contribution in [0.5, 0.6) is 0 Å². The third kappa shape index (κ3) is 3.71. The number of sulfonamides is 1. The monoisotopic (exact) mass is 268 g/mol. The van der Waals surface area contributed by atoms with E-state index in [1.54, 1.807) is 25.2 Å². The van der Waals surface area contributed by atoms with E-state index in [1.807, 2.05) is 6.07 Å². The molecule has 0 amide bonds. The minimum Gasteiger partial charge on any atom is -0.388 e. The van der Waals surface area contributed by atoms with Crippen molar-refractivity contribution in [1.29, 1.82) is 0 Å². The van der Waals surface area contributed by atoms with Gasteiger partial charge in [0, 0.05) is 19.3 Å². The molecular weight excluding hydrogens is 248 g/mol. The smallest absolute Gasteiger partial charge is 0.240 e. The van der Waals surface area contributed by atoms with Crippen LogP contribution in [-0.4, -0.2) is 22.0 Å². The van der Waals surface area contributed by atoms with E-state index in [0.29, 0.717) is 11.4 Å². The number of rotatable bonds is 7. The highest BCUT2D eigenvalue weighted by atomic mass is 32.2. The lowest BCUT2D eigenvalue weighted by Gasteiger charge is -2.08. The highest BCUT2D eigenvalue weighted by molar-refractivity contribution is 7.89. The summed E-state index contributed by atoms with van der Waals surface area (Å²) < 4.78 is 26.7. The number of hydrogen-bond donors (Lipinski definition) is 2. The van der Waals surface area contributed by atoms with Gasteiger partial charge in [-0.25, -0.2) is 13.1 Å². The largest absolute Gasteiger partial charge is 0.388 e. The molecule has 0 aromatic heterocycles. The number of benzene rings is 1.